The Bertz CT molecular complexity index is 325. The molecule has 0 fully saturated rings. The van der Waals surface area contributed by atoms with Crippen LogP contribution in [0.25, 0.3) is 0 Å². The maximum absolute atomic E-state index is 5.84. The molecule has 0 amide bonds. The number of benzene rings is 1. The summed E-state index contributed by atoms with van der Waals surface area (Å²) in [7, 11) is 0. The Morgan fingerprint density at radius 1 is 1.58 bits per heavy atom. The molecule has 0 saturated heterocycles. The average molecular weight is 180 g/mol. The number of rotatable bonds is 1. The van der Waals surface area contributed by atoms with E-state index >= 15 is 0 Å². The van der Waals surface area contributed by atoms with Gasteiger partial charge < -0.3 is 5.73 Å². The van der Waals surface area contributed by atoms with Crippen LogP contribution in [0.5, 0.6) is 0 Å². The van der Waals surface area contributed by atoms with Gasteiger partial charge in [-0.1, -0.05) is 29.7 Å². The second kappa shape index (κ2) is 3.62. The minimum Gasteiger partial charge on any atom is -0.314 e. The molecule has 1 aromatic carbocycles. The summed E-state index contributed by atoms with van der Waals surface area (Å²) >= 11 is 5.84. The van der Waals surface area contributed by atoms with Gasteiger partial charge in [-0.15, -0.1) is 6.42 Å². The topological polar surface area (TPSA) is 26.0 Å². The number of hydrogen-bond donors (Lipinski definition) is 1. The summed E-state index contributed by atoms with van der Waals surface area (Å²) in [5.74, 6) is 2.46. The fraction of sp³-hybridized carbons (Fsp3) is 0.200. The Hall–Kier alpha value is -0.970. The minimum atomic E-state index is -0.332. The van der Waals surface area contributed by atoms with Crippen LogP contribution in [0.4, 0.5) is 0 Å². The Morgan fingerprint density at radius 3 is 2.75 bits per heavy atom. The third kappa shape index (κ3) is 1.79. The zero-order valence-corrected chi connectivity index (χ0v) is 7.60. The first-order valence-corrected chi connectivity index (χ1v) is 4.00. The smallest absolute Gasteiger partial charge is 0.0918 e. The van der Waals surface area contributed by atoms with Gasteiger partial charge in [-0.05, 0) is 24.1 Å². The van der Waals surface area contributed by atoms with Gasteiger partial charge in [-0.25, -0.2) is 0 Å². The standard InChI is InChI=1S/C10H10ClN/c1-3-10(12)8-4-5-9(11)7(2)6-8/h1,4-6,10H,12H2,2H3. The molecule has 1 aromatic rings. The van der Waals surface area contributed by atoms with E-state index in [0.29, 0.717) is 0 Å². The van der Waals surface area contributed by atoms with Crippen molar-refractivity contribution in [3.63, 3.8) is 0 Å². The van der Waals surface area contributed by atoms with Crippen LogP contribution in [0, 0.1) is 19.3 Å². The van der Waals surface area contributed by atoms with Crippen LogP contribution < -0.4 is 5.73 Å². The molecule has 2 N–H and O–H groups in total. The summed E-state index contributed by atoms with van der Waals surface area (Å²) in [5, 5.41) is 0.739. The zero-order valence-electron chi connectivity index (χ0n) is 6.84. The largest absolute Gasteiger partial charge is 0.314 e. The fourth-order valence-corrected chi connectivity index (χ4v) is 1.08. The van der Waals surface area contributed by atoms with Crippen molar-refractivity contribution in [2.75, 3.05) is 0 Å². The summed E-state index contributed by atoms with van der Waals surface area (Å²) in [6.07, 6.45) is 5.18. The van der Waals surface area contributed by atoms with Gasteiger partial charge in [0.25, 0.3) is 0 Å². The molecular formula is C10H10ClN. The maximum atomic E-state index is 5.84. The van der Waals surface area contributed by atoms with Crippen molar-refractivity contribution in [1.82, 2.24) is 0 Å². The molecule has 12 heavy (non-hydrogen) atoms. The lowest BCUT2D eigenvalue weighted by Gasteiger charge is -2.06. The number of aryl methyl sites for hydroxylation is 1. The first-order chi connectivity index (χ1) is 5.65. The lowest BCUT2D eigenvalue weighted by Crippen LogP contribution is -2.07. The monoisotopic (exact) mass is 179 g/mol. The highest BCUT2D eigenvalue weighted by Crippen LogP contribution is 2.19. The second-order valence-corrected chi connectivity index (χ2v) is 3.06. The van der Waals surface area contributed by atoms with Gasteiger partial charge in [0.15, 0.2) is 0 Å². The van der Waals surface area contributed by atoms with Gasteiger partial charge in [-0.3, -0.25) is 0 Å². The van der Waals surface area contributed by atoms with E-state index < -0.39 is 0 Å². The highest BCUT2D eigenvalue weighted by atomic mass is 35.5. The van der Waals surface area contributed by atoms with Crippen molar-refractivity contribution in [1.29, 1.82) is 0 Å². The van der Waals surface area contributed by atoms with Crippen LogP contribution in [0.15, 0.2) is 18.2 Å². The molecular weight excluding hydrogens is 170 g/mol. The molecule has 1 atom stereocenters. The van der Waals surface area contributed by atoms with Crippen molar-refractivity contribution < 1.29 is 0 Å². The molecule has 1 rings (SSSR count). The summed E-state index contributed by atoms with van der Waals surface area (Å²) in [6, 6.07) is 5.23. The van der Waals surface area contributed by atoms with Crippen molar-refractivity contribution in [2.45, 2.75) is 13.0 Å². The normalized spacial score (nSPS) is 12.2. The van der Waals surface area contributed by atoms with Gasteiger partial charge in [0.2, 0.25) is 0 Å². The summed E-state index contributed by atoms with van der Waals surface area (Å²) < 4.78 is 0. The zero-order chi connectivity index (χ0) is 9.14. The van der Waals surface area contributed by atoms with Crippen molar-refractivity contribution in [3.8, 4) is 12.3 Å². The van der Waals surface area contributed by atoms with Gasteiger partial charge in [0.05, 0.1) is 6.04 Å². The second-order valence-electron chi connectivity index (χ2n) is 2.65. The van der Waals surface area contributed by atoms with Crippen molar-refractivity contribution in [3.05, 3.63) is 34.3 Å². The minimum absolute atomic E-state index is 0.332. The quantitative estimate of drug-likeness (QED) is 0.658. The van der Waals surface area contributed by atoms with Gasteiger partial charge in [-0.2, -0.15) is 0 Å². The SMILES string of the molecule is C#CC(N)c1ccc(Cl)c(C)c1. The molecule has 2 heteroatoms. The third-order valence-electron chi connectivity index (χ3n) is 1.72. The van der Waals surface area contributed by atoms with E-state index in [1.807, 2.05) is 25.1 Å². The Balaban J connectivity index is 3.06. The molecule has 0 radical (unpaired) electrons. The Labute approximate surface area is 77.5 Å². The van der Waals surface area contributed by atoms with E-state index in [2.05, 4.69) is 5.92 Å². The molecule has 0 heterocycles. The van der Waals surface area contributed by atoms with Gasteiger partial charge in [0.1, 0.15) is 0 Å². The summed E-state index contributed by atoms with van der Waals surface area (Å²) in [6.45, 7) is 1.93. The first-order valence-electron chi connectivity index (χ1n) is 3.63. The molecule has 0 aromatic heterocycles. The molecule has 0 aliphatic carbocycles. The van der Waals surface area contributed by atoms with Crippen LogP contribution >= 0.6 is 11.6 Å². The van der Waals surface area contributed by atoms with Gasteiger partial charge in [0, 0.05) is 5.02 Å². The van der Waals surface area contributed by atoms with E-state index in [-0.39, 0.29) is 6.04 Å². The molecule has 0 aliphatic heterocycles. The summed E-state index contributed by atoms with van der Waals surface area (Å²) in [5.41, 5.74) is 7.56. The molecule has 62 valence electrons. The molecule has 0 aliphatic rings. The molecule has 1 unspecified atom stereocenters. The van der Waals surface area contributed by atoms with Gasteiger partial charge >= 0.3 is 0 Å². The van der Waals surface area contributed by atoms with Crippen LogP contribution in [-0.4, -0.2) is 0 Å². The van der Waals surface area contributed by atoms with Crippen LogP contribution in [0.3, 0.4) is 0 Å². The Morgan fingerprint density at radius 2 is 2.25 bits per heavy atom. The number of hydrogen-bond acceptors (Lipinski definition) is 1. The highest BCUT2D eigenvalue weighted by Gasteiger charge is 2.02. The maximum Gasteiger partial charge on any atom is 0.0918 e. The van der Waals surface area contributed by atoms with E-state index in [1.165, 1.54) is 0 Å². The predicted octanol–water partition coefficient (Wildman–Crippen LogP) is 2.28. The average Bonchev–Trinajstić information content (AvgIpc) is 2.08. The fourth-order valence-electron chi connectivity index (χ4n) is 0.958. The lowest BCUT2D eigenvalue weighted by molar-refractivity contribution is 0.944. The highest BCUT2D eigenvalue weighted by molar-refractivity contribution is 6.31. The van der Waals surface area contributed by atoms with E-state index in [9.17, 15) is 0 Å². The molecule has 0 bridgehead atoms. The number of terminal acetylenes is 1. The number of halogens is 1. The lowest BCUT2D eigenvalue weighted by atomic mass is 10.1. The van der Waals surface area contributed by atoms with E-state index in [0.717, 1.165) is 16.1 Å². The predicted molar refractivity (Wildman–Crippen MR) is 52.0 cm³/mol. The van der Waals surface area contributed by atoms with Crippen LogP contribution in [0.1, 0.15) is 17.2 Å². The van der Waals surface area contributed by atoms with Crippen LogP contribution in [-0.2, 0) is 0 Å². The number of nitrogens with two attached hydrogens (primary N) is 1. The summed E-state index contributed by atoms with van der Waals surface area (Å²) in [4.78, 5) is 0. The van der Waals surface area contributed by atoms with Crippen molar-refractivity contribution >= 4 is 11.6 Å². The molecule has 1 nitrogen and oxygen atoms in total. The third-order valence-corrected chi connectivity index (χ3v) is 2.14. The Kier molecular flexibility index (Phi) is 2.75. The van der Waals surface area contributed by atoms with Crippen LogP contribution in [0.2, 0.25) is 5.02 Å². The van der Waals surface area contributed by atoms with Crippen molar-refractivity contribution in [2.24, 2.45) is 5.73 Å². The van der Waals surface area contributed by atoms with E-state index in [4.69, 9.17) is 23.8 Å². The van der Waals surface area contributed by atoms with E-state index in [1.54, 1.807) is 0 Å². The molecule has 0 saturated carbocycles. The first kappa shape index (κ1) is 9.12. The molecule has 0 spiro atoms.